The summed E-state index contributed by atoms with van der Waals surface area (Å²) >= 11 is 0. The molecule has 0 saturated heterocycles. The van der Waals surface area contributed by atoms with Gasteiger partial charge in [-0.3, -0.25) is 9.98 Å². The first kappa shape index (κ1) is 33.3. The number of aryl methyl sites for hydroxylation is 2. The van der Waals surface area contributed by atoms with Gasteiger partial charge in [0.1, 0.15) is 0 Å². The number of rotatable bonds is 20. The Kier molecular flexibility index (Phi) is 20.0. The predicted octanol–water partition coefficient (Wildman–Crippen LogP) is 11.2. The van der Waals surface area contributed by atoms with Crippen LogP contribution in [0.15, 0.2) is 58.5 Å². The Morgan fingerprint density at radius 2 is 1.08 bits per heavy atom. The van der Waals surface area contributed by atoms with Crippen LogP contribution in [0.4, 0.5) is 11.4 Å². The van der Waals surface area contributed by atoms with Crippen LogP contribution in [-0.4, -0.2) is 11.9 Å². The summed E-state index contributed by atoms with van der Waals surface area (Å²) < 4.78 is 0. The summed E-state index contributed by atoms with van der Waals surface area (Å²) in [4.78, 5) is 9.95. The Labute approximate surface area is 238 Å². The maximum absolute atomic E-state index is 5.07. The molecule has 0 N–H and O–H groups in total. The fraction of sp³-hybridized carbons (Fsp3) is 0.588. The van der Waals surface area contributed by atoms with E-state index in [1.807, 2.05) is 6.21 Å². The third-order valence-corrected chi connectivity index (χ3v) is 6.88. The van der Waals surface area contributed by atoms with E-state index in [-0.39, 0.29) is 16.5 Å². The molecule has 2 nitrogen and oxygen atoms in total. The van der Waals surface area contributed by atoms with Gasteiger partial charge in [-0.2, -0.15) is 0 Å². The van der Waals surface area contributed by atoms with Crippen molar-refractivity contribution >= 4 is 23.3 Å². The van der Waals surface area contributed by atoms with Crippen LogP contribution in [0.2, 0.25) is 0 Å². The van der Waals surface area contributed by atoms with Crippen molar-refractivity contribution in [2.75, 3.05) is 0 Å². The van der Waals surface area contributed by atoms with Crippen LogP contribution in [0.3, 0.4) is 0 Å². The quantitative estimate of drug-likeness (QED) is 0.0895. The molecule has 0 aliphatic rings. The van der Waals surface area contributed by atoms with Crippen LogP contribution in [0.5, 0.6) is 0 Å². The van der Waals surface area contributed by atoms with Crippen molar-refractivity contribution in [3.05, 3.63) is 59.7 Å². The molecule has 208 valence electrons. The van der Waals surface area contributed by atoms with Crippen molar-refractivity contribution in [3.8, 4) is 0 Å². The van der Waals surface area contributed by atoms with E-state index in [9.17, 15) is 0 Å². The van der Waals surface area contributed by atoms with Gasteiger partial charge >= 0.3 is 0 Å². The van der Waals surface area contributed by atoms with Crippen LogP contribution in [0.25, 0.3) is 0 Å². The van der Waals surface area contributed by atoms with E-state index < -0.39 is 0 Å². The summed E-state index contributed by atoms with van der Waals surface area (Å²) in [5.74, 6) is 0. The van der Waals surface area contributed by atoms with Gasteiger partial charge in [0, 0.05) is 22.7 Å². The molecule has 0 bridgehead atoms. The Bertz CT molecular complexity index is 887. The van der Waals surface area contributed by atoms with Crippen LogP contribution < -0.4 is 0 Å². The molecule has 0 heterocycles. The maximum atomic E-state index is 5.07. The molecule has 0 aromatic heterocycles. The Hall–Kier alpha value is -1.73. The van der Waals surface area contributed by atoms with Gasteiger partial charge in [-0.15, -0.1) is 0 Å². The zero-order chi connectivity index (χ0) is 25.7. The summed E-state index contributed by atoms with van der Waals surface area (Å²) in [5.41, 5.74) is 6.01. The third-order valence-electron chi connectivity index (χ3n) is 6.88. The van der Waals surface area contributed by atoms with Crippen molar-refractivity contribution in [2.45, 2.75) is 130 Å². The van der Waals surface area contributed by atoms with Crippen molar-refractivity contribution in [1.82, 2.24) is 0 Å². The normalized spacial score (nSPS) is 11.7. The van der Waals surface area contributed by atoms with Gasteiger partial charge in [-0.05, 0) is 73.9 Å². The fourth-order valence-electron chi connectivity index (χ4n) is 4.64. The molecule has 0 spiro atoms. The van der Waals surface area contributed by atoms with E-state index in [1.165, 1.54) is 101 Å². The Morgan fingerprint density at radius 1 is 0.595 bits per heavy atom. The van der Waals surface area contributed by atoms with Crippen molar-refractivity contribution < 1.29 is 16.5 Å². The molecule has 0 aliphatic heterocycles. The van der Waals surface area contributed by atoms with Gasteiger partial charge < -0.3 is 0 Å². The van der Waals surface area contributed by atoms with E-state index >= 15 is 0 Å². The minimum atomic E-state index is 0. The standard InChI is InChI=1S/C34H52N2.Ni/c1-4-7-10-13-14-17-24-34(36-33-26-19-23-31(28-33)21-16-12-9-6-3)29-35-32-25-18-22-30(27-32)20-15-11-8-5-2;/h18-19,22-23,25-29H,4-17,20-21,24H2,1-3H3;. The van der Waals surface area contributed by atoms with Gasteiger partial charge in [-0.25, -0.2) is 0 Å². The minimum absolute atomic E-state index is 0. The average molecular weight is 547 g/mol. The molecular weight excluding hydrogens is 495 g/mol. The van der Waals surface area contributed by atoms with Crippen LogP contribution in [0.1, 0.15) is 128 Å². The molecule has 37 heavy (non-hydrogen) atoms. The summed E-state index contributed by atoms with van der Waals surface area (Å²) in [7, 11) is 0. The largest absolute Gasteiger partial charge is 0.255 e. The molecule has 0 saturated carbocycles. The van der Waals surface area contributed by atoms with Crippen molar-refractivity contribution in [1.29, 1.82) is 0 Å². The molecule has 0 atom stereocenters. The predicted molar refractivity (Wildman–Crippen MR) is 162 cm³/mol. The number of hydrogen-bond acceptors (Lipinski definition) is 2. The maximum Gasteiger partial charge on any atom is 0.0636 e. The molecular formula is C34H52N2Ni. The van der Waals surface area contributed by atoms with Crippen molar-refractivity contribution in [2.24, 2.45) is 9.98 Å². The van der Waals surface area contributed by atoms with Gasteiger partial charge in [0.05, 0.1) is 17.1 Å². The number of aliphatic imine (C=N–C) groups is 2. The SMILES string of the molecule is CCCCCCCCC(C=Nc1cccc(CCCCCC)c1)=Nc1cccc(CCCCCC)c1.[Ni]. The molecule has 0 unspecified atom stereocenters. The van der Waals surface area contributed by atoms with Crippen LogP contribution >= 0.6 is 0 Å². The molecule has 2 aromatic carbocycles. The fourth-order valence-corrected chi connectivity index (χ4v) is 4.64. The van der Waals surface area contributed by atoms with Crippen LogP contribution in [0, 0.1) is 0 Å². The second kappa shape index (κ2) is 22.3. The Balaban J connectivity index is 0.00000684. The summed E-state index contributed by atoms with van der Waals surface area (Å²) in [6, 6.07) is 17.6. The topological polar surface area (TPSA) is 24.7 Å². The number of nitrogens with zero attached hydrogens (tertiary/aromatic N) is 2. The zero-order valence-electron chi connectivity index (χ0n) is 23.9. The monoisotopic (exact) mass is 546 g/mol. The first-order chi connectivity index (χ1) is 17.7. The van der Waals surface area contributed by atoms with E-state index in [0.29, 0.717) is 0 Å². The molecule has 0 radical (unpaired) electrons. The first-order valence-electron chi connectivity index (χ1n) is 15.0. The number of unbranched alkanes of at least 4 members (excludes halogenated alkanes) is 11. The van der Waals surface area contributed by atoms with Gasteiger partial charge in [0.2, 0.25) is 0 Å². The third kappa shape index (κ3) is 16.0. The molecule has 0 aliphatic carbocycles. The number of hydrogen-bond donors (Lipinski definition) is 0. The van der Waals surface area contributed by atoms with E-state index in [1.54, 1.807) is 0 Å². The molecule has 2 aromatic rings. The summed E-state index contributed by atoms with van der Waals surface area (Å²) in [6.07, 6.45) is 23.5. The van der Waals surface area contributed by atoms with E-state index in [4.69, 9.17) is 9.98 Å². The second-order valence-corrected chi connectivity index (χ2v) is 10.3. The minimum Gasteiger partial charge on any atom is -0.255 e. The van der Waals surface area contributed by atoms with Crippen molar-refractivity contribution in [3.63, 3.8) is 0 Å². The molecule has 0 fully saturated rings. The summed E-state index contributed by atoms with van der Waals surface area (Å²) in [6.45, 7) is 6.81. The van der Waals surface area contributed by atoms with Gasteiger partial charge in [-0.1, -0.05) is 116 Å². The Morgan fingerprint density at radius 3 is 1.68 bits per heavy atom. The molecule has 2 rings (SSSR count). The van der Waals surface area contributed by atoms with Gasteiger partial charge in [0.15, 0.2) is 0 Å². The van der Waals surface area contributed by atoms with Gasteiger partial charge in [0.25, 0.3) is 0 Å². The first-order valence-corrected chi connectivity index (χ1v) is 15.0. The van der Waals surface area contributed by atoms with E-state index in [0.717, 1.165) is 36.3 Å². The van der Waals surface area contributed by atoms with Crippen LogP contribution in [-0.2, 0) is 29.3 Å². The second-order valence-electron chi connectivity index (χ2n) is 10.3. The smallest absolute Gasteiger partial charge is 0.0636 e. The zero-order valence-corrected chi connectivity index (χ0v) is 24.9. The van der Waals surface area contributed by atoms with E-state index in [2.05, 4.69) is 69.3 Å². The molecule has 0 amide bonds. The molecule has 3 heteroatoms. The summed E-state index contributed by atoms with van der Waals surface area (Å²) in [5, 5.41) is 0. The average Bonchev–Trinajstić information content (AvgIpc) is 2.90. The number of benzene rings is 2.